The number of halogens is 1. The summed E-state index contributed by atoms with van der Waals surface area (Å²) >= 11 is 0. The summed E-state index contributed by atoms with van der Waals surface area (Å²) in [6, 6.07) is 11.9. The van der Waals surface area contributed by atoms with Gasteiger partial charge < -0.3 is 15.1 Å². The number of nitrogens with zero attached hydrogens (tertiary/aromatic N) is 3. The summed E-state index contributed by atoms with van der Waals surface area (Å²) in [7, 11) is 0. The van der Waals surface area contributed by atoms with Crippen molar-refractivity contribution in [1.82, 2.24) is 10.2 Å². The number of para-hydroxylation sites is 1. The molecule has 2 atom stereocenters. The highest BCUT2D eigenvalue weighted by Gasteiger charge is 2.33. The fraction of sp³-hybridized carbons (Fsp3) is 0.588. The van der Waals surface area contributed by atoms with E-state index in [0.29, 0.717) is 12.1 Å². The average molecular weight is 412 g/mol. The van der Waals surface area contributed by atoms with Crippen molar-refractivity contribution in [3.8, 4) is 0 Å². The Bertz CT molecular complexity index is 511. The molecule has 120 valence electrons. The number of anilines is 1. The van der Waals surface area contributed by atoms with Gasteiger partial charge in [-0.2, -0.15) is 0 Å². The van der Waals surface area contributed by atoms with Crippen molar-refractivity contribution >= 4 is 35.6 Å². The zero-order valence-electron chi connectivity index (χ0n) is 12.9. The number of fused-ring (bicyclic) bond motifs is 1. The molecule has 0 aromatic heterocycles. The normalized spacial score (nSPS) is 27.5. The summed E-state index contributed by atoms with van der Waals surface area (Å²) in [5.41, 5.74) is 1.34. The highest BCUT2D eigenvalue weighted by atomic mass is 127. The average Bonchev–Trinajstić information content (AvgIpc) is 3.00. The molecule has 1 aromatic carbocycles. The van der Waals surface area contributed by atoms with Gasteiger partial charge in [-0.15, -0.1) is 24.0 Å². The first-order chi connectivity index (χ1) is 10.4. The van der Waals surface area contributed by atoms with Gasteiger partial charge in [0.1, 0.15) is 0 Å². The topological polar surface area (TPSA) is 30.9 Å². The summed E-state index contributed by atoms with van der Waals surface area (Å²) in [6.07, 6.45) is 5.27. The number of guanidine groups is 1. The smallest absolute Gasteiger partial charge is 0.194 e. The second kappa shape index (κ2) is 7.06. The van der Waals surface area contributed by atoms with Crippen molar-refractivity contribution in [2.45, 2.75) is 37.8 Å². The van der Waals surface area contributed by atoms with E-state index in [2.05, 4.69) is 45.4 Å². The minimum Gasteiger partial charge on any atom is -0.368 e. The predicted molar refractivity (Wildman–Crippen MR) is 102 cm³/mol. The Balaban J connectivity index is 0.00000144. The Morgan fingerprint density at radius 1 is 0.909 bits per heavy atom. The summed E-state index contributed by atoms with van der Waals surface area (Å²) in [5, 5.41) is 3.67. The van der Waals surface area contributed by atoms with E-state index in [4.69, 9.17) is 4.99 Å². The number of nitrogens with one attached hydrogen (secondary N) is 1. The van der Waals surface area contributed by atoms with Crippen molar-refractivity contribution in [3.63, 3.8) is 0 Å². The molecule has 0 unspecified atom stereocenters. The molecule has 4 rings (SSSR count). The van der Waals surface area contributed by atoms with Gasteiger partial charge in [0.05, 0.1) is 12.1 Å². The minimum atomic E-state index is 0. The van der Waals surface area contributed by atoms with Crippen molar-refractivity contribution in [2.75, 3.05) is 31.1 Å². The zero-order chi connectivity index (χ0) is 14.1. The molecule has 0 spiro atoms. The standard InChI is InChI=1S/C17H24N4.HI/c1-2-6-14(7-3-1)20-10-12-21(13-11-20)17-18-15-8-4-5-9-16(15)19-17;/h1-3,6-7,15-16H,4-5,8-13H2,(H,18,19);1H/t15-,16-;/m1./s1. The summed E-state index contributed by atoms with van der Waals surface area (Å²) in [6.45, 7) is 4.31. The quantitative estimate of drug-likeness (QED) is 0.720. The Kier molecular flexibility index (Phi) is 5.10. The fourth-order valence-electron chi connectivity index (χ4n) is 3.78. The summed E-state index contributed by atoms with van der Waals surface area (Å²) < 4.78 is 0. The molecular weight excluding hydrogens is 387 g/mol. The molecule has 3 aliphatic rings. The van der Waals surface area contributed by atoms with E-state index in [1.165, 1.54) is 37.3 Å². The lowest BCUT2D eigenvalue weighted by Crippen LogP contribution is -2.52. The first kappa shape index (κ1) is 15.9. The van der Waals surface area contributed by atoms with Crippen molar-refractivity contribution < 1.29 is 0 Å². The van der Waals surface area contributed by atoms with Crippen LogP contribution in [0.1, 0.15) is 25.7 Å². The van der Waals surface area contributed by atoms with Gasteiger partial charge in [0.2, 0.25) is 0 Å². The van der Waals surface area contributed by atoms with Crippen LogP contribution in [0.3, 0.4) is 0 Å². The van der Waals surface area contributed by atoms with E-state index < -0.39 is 0 Å². The van der Waals surface area contributed by atoms with Crippen molar-refractivity contribution in [3.05, 3.63) is 30.3 Å². The van der Waals surface area contributed by atoms with E-state index in [-0.39, 0.29) is 24.0 Å². The van der Waals surface area contributed by atoms with Gasteiger partial charge in [-0.3, -0.25) is 0 Å². The molecular formula is C17H25IN4. The molecule has 0 bridgehead atoms. The largest absolute Gasteiger partial charge is 0.368 e. The maximum Gasteiger partial charge on any atom is 0.194 e. The zero-order valence-corrected chi connectivity index (χ0v) is 15.3. The molecule has 5 heteroatoms. The van der Waals surface area contributed by atoms with Crippen LogP contribution >= 0.6 is 24.0 Å². The van der Waals surface area contributed by atoms with Gasteiger partial charge in [-0.05, 0) is 25.0 Å². The number of aliphatic imine (C=N–C) groups is 1. The predicted octanol–water partition coefficient (Wildman–Crippen LogP) is 2.70. The molecule has 1 aliphatic carbocycles. The van der Waals surface area contributed by atoms with Crippen LogP contribution in [0.15, 0.2) is 35.3 Å². The number of piperazine rings is 1. The van der Waals surface area contributed by atoms with Gasteiger partial charge >= 0.3 is 0 Å². The maximum atomic E-state index is 4.94. The summed E-state index contributed by atoms with van der Waals surface area (Å²) in [4.78, 5) is 9.86. The van der Waals surface area contributed by atoms with E-state index in [1.54, 1.807) is 0 Å². The molecule has 0 radical (unpaired) electrons. The number of hydrogen-bond acceptors (Lipinski definition) is 4. The van der Waals surface area contributed by atoms with E-state index in [0.717, 1.165) is 26.2 Å². The molecule has 1 saturated heterocycles. The molecule has 2 fully saturated rings. The third-order valence-corrected chi connectivity index (χ3v) is 5.03. The van der Waals surface area contributed by atoms with Crippen LogP contribution < -0.4 is 10.2 Å². The van der Waals surface area contributed by atoms with Gasteiger partial charge in [0.25, 0.3) is 0 Å². The lowest BCUT2D eigenvalue weighted by molar-refractivity contribution is 0.363. The Morgan fingerprint density at radius 2 is 1.59 bits per heavy atom. The molecule has 1 aromatic rings. The molecule has 4 nitrogen and oxygen atoms in total. The number of hydrogen-bond donors (Lipinski definition) is 1. The fourth-order valence-corrected chi connectivity index (χ4v) is 3.78. The van der Waals surface area contributed by atoms with Gasteiger partial charge in [-0.1, -0.05) is 31.0 Å². The Labute approximate surface area is 150 Å². The SMILES string of the molecule is I.c1ccc(N2CCN(C3=N[C@@H]4CCCC[C@H]4N3)CC2)cc1. The highest BCUT2D eigenvalue weighted by molar-refractivity contribution is 14.0. The monoisotopic (exact) mass is 412 g/mol. The third-order valence-electron chi connectivity index (χ3n) is 5.03. The van der Waals surface area contributed by atoms with Crippen LogP contribution in [-0.4, -0.2) is 49.1 Å². The molecule has 2 aliphatic heterocycles. The van der Waals surface area contributed by atoms with E-state index >= 15 is 0 Å². The lowest BCUT2D eigenvalue weighted by Gasteiger charge is -2.37. The van der Waals surface area contributed by atoms with Gasteiger partial charge in [0, 0.05) is 31.9 Å². The second-order valence-corrected chi connectivity index (χ2v) is 6.36. The number of rotatable bonds is 1. The van der Waals surface area contributed by atoms with Crippen LogP contribution in [0.2, 0.25) is 0 Å². The lowest BCUT2D eigenvalue weighted by atomic mass is 9.92. The van der Waals surface area contributed by atoms with Gasteiger partial charge in [-0.25, -0.2) is 4.99 Å². The van der Waals surface area contributed by atoms with Crippen LogP contribution in [0.5, 0.6) is 0 Å². The first-order valence-electron chi connectivity index (χ1n) is 8.29. The Morgan fingerprint density at radius 3 is 2.32 bits per heavy atom. The van der Waals surface area contributed by atoms with E-state index in [1.807, 2.05) is 0 Å². The second-order valence-electron chi connectivity index (χ2n) is 6.36. The van der Waals surface area contributed by atoms with Crippen molar-refractivity contribution in [2.24, 2.45) is 4.99 Å². The van der Waals surface area contributed by atoms with Gasteiger partial charge in [0.15, 0.2) is 5.96 Å². The molecule has 22 heavy (non-hydrogen) atoms. The minimum absolute atomic E-state index is 0. The molecule has 1 saturated carbocycles. The Hall–Kier alpha value is -0.980. The van der Waals surface area contributed by atoms with Crippen LogP contribution in [-0.2, 0) is 0 Å². The maximum absolute atomic E-state index is 4.94. The van der Waals surface area contributed by atoms with Crippen molar-refractivity contribution in [1.29, 1.82) is 0 Å². The molecule has 0 amide bonds. The van der Waals surface area contributed by atoms with Crippen LogP contribution in [0.4, 0.5) is 5.69 Å². The van der Waals surface area contributed by atoms with E-state index in [9.17, 15) is 0 Å². The number of benzene rings is 1. The summed E-state index contributed by atoms with van der Waals surface area (Å²) in [5.74, 6) is 1.17. The van der Waals surface area contributed by atoms with Crippen LogP contribution in [0.25, 0.3) is 0 Å². The first-order valence-corrected chi connectivity index (χ1v) is 8.29. The highest BCUT2D eigenvalue weighted by Crippen LogP contribution is 2.26. The van der Waals surface area contributed by atoms with Crippen LogP contribution in [0, 0.1) is 0 Å². The molecule has 2 heterocycles. The molecule has 1 N–H and O–H groups in total. The third kappa shape index (κ3) is 3.19.